The van der Waals surface area contributed by atoms with Crippen molar-refractivity contribution in [1.29, 1.82) is 0 Å². The third-order valence-electron chi connectivity index (χ3n) is 4.22. The van der Waals surface area contributed by atoms with Gasteiger partial charge < -0.3 is 11.5 Å². The lowest BCUT2D eigenvalue weighted by Gasteiger charge is -2.58. The topological polar surface area (TPSA) is 47.0 Å². The van der Waals surface area contributed by atoms with Gasteiger partial charge in [-0.05, 0) is 49.6 Å². The number of rotatable bonds is 0. The average molecular weight is 170 g/mol. The van der Waals surface area contributed by atoms with Crippen molar-refractivity contribution in [3.63, 3.8) is 0 Å². The van der Waals surface area contributed by atoms with Gasteiger partial charge in [0.2, 0.25) is 0 Å². The van der Waals surface area contributed by atoms with Gasteiger partial charge >= 0.3 is 0 Å². The van der Waals surface area contributed by atoms with E-state index in [0.717, 1.165) is 5.41 Å². The molecule has 1 saturated carbocycles. The zero-order valence-electron chi connectivity index (χ0n) is 8.45. The van der Waals surface area contributed by atoms with Crippen molar-refractivity contribution in [3.05, 3.63) is 0 Å². The van der Waals surface area contributed by atoms with Gasteiger partial charge in [-0.2, -0.15) is 0 Å². The zero-order chi connectivity index (χ0) is 7.95. The van der Waals surface area contributed by atoms with Gasteiger partial charge in [-0.15, -0.1) is 0 Å². The smallest absolute Gasteiger partial charge is 0.00434 e. The van der Waals surface area contributed by atoms with Crippen LogP contribution in [0.25, 0.3) is 0 Å². The Labute approximate surface area is 75.7 Å². The molecule has 72 valence electrons. The van der Waals surface area contributed by atoms with Crippen LogP contribution < -0.4 is 11.5 Å². The van der Waals surface area contributed by atoms with Gasteiger partial charge in [0.15, 0.2) is 0 Å². The molecule has 2 aliphatic rings. The Morgan fingerprint density at radius 1 is 0.917 bits per heavy atom. The number of hydrogen-bond donors (Lipinski definition) is 2. The summed E-state index contributed by atoms with van der Waals surface area (Å²) in [5, 5.41) is 3.45. The zero-order valence-corrected chi connectivity index (χ0v) is 8.45. The van der Waals surface area contributed by atoms with Gasteiger partial charge in [0.25, 0.3) is 0 Å². The molecule has 2 heteroatoms. The minimum atomic E-state index is 0. The predicted molar refractivity (Wildman–Crippen MR) is 52.6 cm³/mol. The summed E-state index contributed by atoms with van der Waals surface area (Å²) in [6, 6.07) is 0. The first-order valence-corrected chi connectivity index (χ1v) is 4.87. The SMILES string of the molecule is CC1(C)CCC12CCNCC2.N. The van der Waals surface area contributed by atoms with Crippen molar-refractivity contribution in [2.24, 2.45) is 10.8 Å². The van der Waals surface area contributed by atoms with Crippen LogP contribution in [0, 0.1) is 10.8 Å². The summed E-state index contributed by atoms with van der Waals surface area (Å²) in [7, 11) is 0. The van der Waals surface area contributed by atoms with Crippen molar-refractivity contribution < 1.29 is 0 Å². The lowest BCUT2D eigenvalue weighted by molar-refractivity contribution is -0.0748. The minimum Gasteiger partial charge on any atom is -0.344 e. The molecule has 0 aromatic rings. The minimum absolute atomic E-state index is 0. The highest BCUT2D eigenvalue weighted by Gasteiger charge is 2.52. The van der Waals surface area contributed by atoms with Gasteiger partial charge in [-0.25, -0.2) is 0 Å². The number of piperidine rings is 1. The molecular formula is C10H22N2. The number of hydrogen-bond acceptors (Lipinski definition) is 2. The summed E-state index contributed by atoms with van der Waals surface area (Å²) < 4.78 is 0. The number of nitrogens with one attached hydrogen (secondary N) is 1. The van der Waals surface area contributed by atoms with Crippen molar-refractivity contribution >= 4 is 0 Å². The molecule has 1 aliphatic heterocycles. The Balaban J connectivity index is 0.000000720. The van der Waals surface area contributed by atoms with E-state index in [2.05, 4.69) is 19.2 Å². The van der Waals surface area contributed by atoms with E-state index in [4.69, 9.17) is 0 Å². The van der Waals surface area contributed by atoms with Gasteiger partial charge in [0.1, 0.15) is 0 Å². The normalized spacial score (nSPS) is 30.5. The highest BCUT2D eigenvalue weighted by atomic mass is 14.9. The van der Waals surface area contributed by atoms with Crippen LogP contribution in [0.1, 0.15) is 39.5 Å². The molecule has 1 spiro atoms. The maximum Gasteiger partial charge on any atom is -0.00434 e. The molecule has 2 fully saturated rings. The van der Waals surface area contributed by atoms with E-state index in [-0.39, 0.29) is 6.15 Å². The largest absolute Gasteiger partial charge is 0.344 e. The summed E-state index contributed by atoms with van der Waals surface area (Å²) in [6.07, 6.45) is 5.77. The maximum absolute atomic E-state index is 3.45. The Kier molecular flexibility index (Phi) is 2.50. The van der Waals surface area contributed by atoms with E-state index < -0.39 is 0 Å². The first kappa shape index (κ1) is 10.0. The third-order valence-corrected chi connectivity index (χ3v) is 4.22. The summed E-state index contributed by atoms with van der Waals surface area (Å²) >= 11 is 0. The van der Waals surface area contributed by atoms with Crippen molar-refractivity contribution in [1.82, 2.24) is 11.5 Å². The molecule has 4 N–H and O–H groups in total. The van der Waals surface area contributed by atoms with Crippen molar-refractivity contribution in [2.75, 3.05) is 13.1 Å². The molecule has 12 heavy (non-hydrogen) atoms. The molecule has 0 unspecified atom stereocenters. The highest BCUT2D eigenvalue weighted by molar-refractivity contribution is 5.03. The van der Waals surface area contributed by atoms with Crippen LogP contribution in [0.2, 0.25) is 0 Å². The van der Waals surface area contributed by atoms with Crippen LogP contribution >= 0.6 is 0 Å². The first-order valence-electron chi connectivity index (χ1n) is 4.87. The Hall–Kier alpha value is -0.0800. The molecule has 2 nitrogen and oxygen atoms in total. The fourth-order valence-electron chi connectivity index (χ4n) is 2.81. The van der Waals surface area contributed by atoms with E-state index >= 15 is 0 Å². The summed E-state index contributed by atoms with van der Waals surface area (Å²) in [6.45, 7) is 7.40. The van der Waals surface area contributed by atoms with Crippen LogP contribution in [-0.4, -0.2) is 13.1 Å². The molecule has 2 rings (SSSR count). The third kappa shape index (κ3) is 1.17. The lowest BCUT2D eigenvalue weighted by atomic mass is 9.48. The van der Waals surface area contributed by atoms with Crippen LogP contribution in [0.3, 0.4) is 0 Å². The monoisotopic (exact) mass is 170 g/mol. The Bertz CT molecular complexity index is 157. The van der Waals surface area contributed by atoms with E-state index in [1.165, 1.54) is 38.8 Å². The van der Waals surface area contributed by atoms with Crippen molar-refractivity contribution in [3.8, 4) is 0 Å². The molecular weight excluding hydrogens is 148 g/mol. The quantitative estimate of drug-likeness (QED) is 0.586. The standard InChI is InChI=1S/C10H19N.H3N/c1-9(2)3-4-10(9)5-7-11-8-6-10;/h11H,3-8H2,1-2H3;1H3. The molecule has 0 atom stereocenters. The molecule has 0 aromatic heterocycles. The fraction of sp³-hybridized carbons (Fsp3) is 1.00. The average Bonchev–Trinajstić information content (AvgIpc) is 2.04. The van der Waals surface area contributed by atoms with Crippen LogP contribution in [-0.2, 0) is 0 Å². The van der Waals surface area contributed by atoms with Crippen LogP contribution in [0.4, 0.5) is 0 Å². The van der Waals surface area contributed by atoms with E-state index in [1.807, 2.05) is 0 Å². The molecule has 0 bridgehead atoms. The van der Waals surface area contributed by atoms with E-state index in [9.17, 15) is 0 Å². The Morgan fingerprint density at radius 3 is 1.75 bits per heavy atom. The molecule has 0 aromatic carbocycles. The van der Waals surface area contributed by atoms with Gasteiger partial charge in [0.05, 0.1) is 0 Å². The highest BCUT2D eigenvalue weighted by Crippen LogP contribution is 2.60. The van der Waals surface area contributed by atoms with Crippen molar-refractivity contribution in [2.45, 2.75) is 39.5 Å². The molecule has 0 amide bonds. The second-order valence-corrected chi connectivity index (χ2v) is 4.91. The molecule has 1 heterocycles. The van der Waals surface area contributed by atoms with E-state index in [0.29, 0.717) is 5.41 Å². The van der Waals surface area contributed by atoms with Gasteiger partial charge in [0, 0.05) is 0 Å². The summed E-state index contributed by atoms with van der Waals surface area (Å²) in [5.41, 5.74) is 1.38. The predicted octanol–water partition coefficient (Wildman–Crippen LogP) is 2.34. The summed E-state index contributed by atoms with van der Waals surface area (Å²) in [5.74, 6) is 0. The molecule has 1 aliphatic carbocycles. The summed E-state index contributed by atoms with van der Waals surface area (Å²) in [4.78, 5) is 0. The second-order valence-electron chi connectivity index (χ2n) is 4.91. The van der Waals surface area contributed by atoms with Crippen LogP contribution in [0.5, 0.6) is 0 Å². The molecule has 0 radical (unpaired) electrons. The maximum atomic E-state index is 3.45. The Morgan fingerprint density at radius 2 is 1.50 bits per heavy atom. The second kappa shape index (κ2) is 3.00. The first-order chi connectivity index (χ1) is 5.16. The lowest BCUT2D eigenvalue weighted by Crippen LogP contribution is -2.52. The van der Waals surface area contributed by atoms with Gasteiger partial charge in [-0.3, -0.25) is 0 Å². The van der Waals surface area contributed by atoms with E-state index in [1.54, 1.807) is 0 Å². The fourth-order valence-corrected chi connectivity index (χ4v) is 2.81. The van der Waals surface area contributed by atoms with Crippen LogP contribution in [0.15, 0.2) is 0 Å². The van der Waals surface area contributed by atoms with Gasteiger partial charge in [-0.1, -0.05) is 13.8 Å². The molecule has 1 saturated heterocycles.